The van der Waals surface area contributed by atoms with Gasteiger partial charge in [-0.3, -0.25) is 0 Å². The summed E-state index contributed by atoms with van der Waals surface area (Å²) in [5.74, 6) is 1.22. The van der Waals surface area contributed by atoms with Crippen LogP contribution in [-0.2, 0) is 0 Å². The molecule has 0 bridgehead atoms. The molecule has 2 aromatic carbocycles. The number of aromatic nitrogens is 3. The second-order valence-corrected chi connectivity index (χ2v) is 6.78. The molecule has 0 unspecified atom stereocenters. The van der Waals surface area contributed by atoms with Gasteiger partial charge in [0.25, 0.3) is 0 Å². The van der Waals surface area contributed by atoms with Crippen molar-refractivity contribution in [1.29, 1.82) is 0 Å². The number of hydrogen-bond donors (Lipinski definition) is 1. The predicted octanol–water partition coefficient (Wildman–Crippen LogP) is 3.26. The number of fused-ring (bicyclic) bond motifs is 1. The molecule has 0 spiro atoms. The average molecular weight is 359 g/mol. The van der Waals surface area contributed by atoms with E-state index in [0.29, 0.717) is 17.3 Å². The standard InChI is InChI=1S/C20H21N7/c1-12-10-16(26(3)4)8-9-17(12)22-18-13(2)24-27-20(18)23-19(25-27)14-6-5-7-15(21)11-14/h5-11H,21H2,1-4H3/b22-18-. The van der Waals surface area contributed by atoms with Crippen LogP contribution in [0, 0.1) is 6.92 Å². The van der Waals surface area contributed by atoms with Crippen LogP contribution < -0.4 is 10.6 Å². The maximum absolute atomic E-state index is 5.87. The van der Waals surface area contributed by atoms with Crippen molar-refractivity contribution in [3.63, 3.8) is 0 Å². The zero-order valence-corrected chi connectivity index (χ0v) is 15.8. The van der Waals surface area contributed by atoms with E-state index in [2.05, 4.69) is 39.1 Å². The van der Waals surface area contributed by atoms with Gasteiger partial charge in [-0.25, -0.2) is 9.98 Å². The monoisotopic (exact) mass is 359 g/mol. The van der Waals surface area contributed by atoms with Gasteiger partial charge in [0, 0.05) is 31.0 Å². The molecular weight excluding hydrogens is 338 g/mol. The van der Waals surface area contributed by atoms with Crippen LogP contribution in [0.1, 0.15) is 18.3 Å². The molecular formula is C20H21N7. The van der Waals surface area contributed by atoms with Crippen LogP contribution in [-0.4, -0.2) is 40.4 Å². The summed E-state index contributed by atoms with van der Waals surface area (Å²) in [4.78, 5) is 13.1. The summed E-state index contributed by atoms with van der Waals surface area (Å²) in [6.45, 7) is 3.97. The molecule has 1 aromatic heterocycles. The fourth-order valence-electron chi connectivity index (χ4n) is 2.97. The molecule has 0 atom stereocenters. The number of nitrogens with two attached hydrogens (primary N) is 1. The van der Waals surface area contributed by atoms with Gasteiger partial charge in [0.2, 0.25) is 5.82 Å². The Morgan fingerprint density at radius 3 is 2.59 bits per heavy atom. The topological polar surface area (TPSA) is 84.7 Å². The van der Waals surface area contributed by atoms with Crippen molar-refractivity contribution in [3.8, 4) is 11.4 Å². The van der Waals surface area contributed by atoms with Crippen LogP contribution in [0.4, 0.5) is 17.1 Å². The van der Waals surface area contributed by atoms with Gasteiger partial charge in [-0.1, -0.05) is 12.1 Å². The minimum atomic E-state index is 0.584. The molecule has 1 aliphatic heterocycles. The lowest BCUT2D eigenvalue weighted by atomic mass is 10.1. The molecule has 7 heteroatoms. The molecule has 1 aliphatic rings. The Balaban J connectivity index is 1.75. The van der Waals surface area contributed by atoms with Crippen LogP contribution in [0.25, 0.3) is 11.4 Å². The second kappa shape index (κ2) is 6.35. The van der Waals surface area contributed by atoms with Crippen LogP contribution in [0.15, 0.2) is 52.6 Å². The Labute approximate surface area is 157 Å². The Kier molecular flexibility index (Phi) is 3.99. The molecule has 27 heavy (non-hydrogen) atoms. The van der Waals surface area contributed by atoms with Gasteiger partial charge in [0.15, 0.2) is 5.82 Å². The highest BCUT2D eigenvalue weighted by molar-refractivity contribution is 6.48. The zero-order valence-electron chi connectivity index (χ0n) is 15.8. The van der Waals surface area contributed by atoms with E-state index in [0.717, 1.165) is 33.9 Å². The minimum Gasteiger partial charge on any atom is -0.399 e. The second-order valence-electron chi connectivity index (χ2n) is 6.78. The third-order valence-corrected chi connectivity index (χ3v) is 4.46. The zero-order chi connectivity index (χ0) is 19.1. The number of aryl methyl sites for hydroxylation is 1. The molecule has 136 valence electrons. The highest BCUT2D eigenvalue weighted by Gasteiger charge is 2.25. The van der Waals surface area contributed by atoms with Gasteiger partial charge < -0.3 is 10.6 Å². The van der Waals surface area contributed by atoms with E-state index >= 15 is 0 Å². The van der Waals surface area contributed by atoms with E-state index in [1.165, 1.54) is 4.79 Å². The summed E-state index contributed by atoms with van der Waals surface area (Å²) in [6, 6.07) is 13.7. The van der Waals surface area contributed by atoms with E-state index < -0.39 is 0 Å². The summed E-state index contributed by atoms with van der Waals surface area (Å²) in [7, 11) is 4.04. The number of aliphatic imine (C=N–C) groups is 1. The van der Waals surface area contributed by atoms with E-state index in [4.69, 9.17) is 10.7 Å². The smallest absolute Gasteiger partial charge is 0.204 e. The molecule has 2 N–H and O–H groups in total. The average Bonchev–Trinajstić information content (AvgIpc) is 3.15. The first-order valence-corrected chi connectivity index (χ1v) is 8.68. The number of hydrogen-bond acceptors (Lipinski definition) is 6. The Bertz CT molecular complexity index is 1090. The summed E-state index contributed by atoms with van der Waals surface area (Å²) >= 11 is 0. The lowest BCUT2D eigenvalue weighted by molar-refractivity contribution is 0.747. The normalized spacial score (nSPS) is 14.4. The van der Waals surface area contributed by atoms with Crippen molar-refractivity contribution >= 4 is 28.5 Å². The maximum Gasteiger partial charge on any atom is 0.204 e. The van der Waals surface area contributed by atoms with Gasteiger partial charge in [-0.05, 0) is 49.7 Å². The summed E-state index contributed by atoms with van der Waals surface area (Å²) in [6.07, 6.45) is 0. The van der Waals surface area contributed by atoms with E-state index in [1.54, 1.807) is 0 Å². The van der Waals surface area contributed by atoms with Gasteiger partial charge in [-0.15, -0.1) is 9.89 Å². The fourth-order valence-corrected chi connectivity index (χ4v) is 2.97. The Hall–Kier alpha value is -3.48. The van der Waals surface area contributed by atoms with Crippen molar-refractivity contribution in [3.05, 3.63) is 53.9 Å². The molecule has 3 aromatic rings. The van der Waals surface area contributed by atoms with Crippen LogP contribution in [0.3, 0.4) is 0 Å². The summed E-state index contributed by atoms with van der Waals surface area (Å²) in [5, 5.41) is 8.94. The lowest BCUT2D eigenvalue weighted by Crippen LogP contribution is -2.09. The maximum atomic E-state index is 5.87. The first-order valence-electron chi connectivity index (χ1n) is 8.68. The molecule has 2 heterocycles. The van der Waals surface area contributed by atoms with Crippen LogP contribution in [0.5, 0.6) is 0 Å². The molecule has 7 nitrogen and oxygen atoms in total. The third-order valence-electron chi connectivity index (χ3n) is 4.46. The number of benzene rings is 2. The SMILES string of the molecule is CC1=Nn2nc(-c3cccc(N)c3)nc2/C1=N\c1ccc(N(C)C)cc1C. The fraction of sp³-hybridized carbons (Fsp3) is 0.200. The first-order chi connectivity index (χ1) is 12.9. The third kappa shape index (κ3) is 3.08. The molecule has 4 rings (SSSR count). The quantitative estimate of drug-likeness (QED) is 0.728. The molecule has 0 saturated heterocycles. The lowest BCUT2D eigenvalue weighted by Gasteiger charge is -2.13. The van der Waals surface area contributed by atoms with E-state index in [1.807, 2.05) is 51.4 Å². The van der Waals surface area contributed by atoms with Crippen molar-refractivity contribution in [1.82, 2.24) is 14.9 Å². The van der Waals surface area contributed by atoms with Crippen molar-refractivity contribution < 1.29 is 0 Å². The molecule has 0 saturated carbocycles. The van der Waals surface area contributed by atoms with Crippen molar-refractivity contribution in [2.24, 2.45) is 10.1 Å². The predicted molar refractivity (Wildman–Crippen MR) is 110 cm³/mol. The Morgan fingerprint density at radius 2 is 1.89 bits per heavy atom. The van der Waals surface area contributed by atoms with E-state index in [-0.39, 0.29) is 0 Å². The molecule has 0 fully saturated rings. The van der Waals surface area contributed by atoms with Crippen LogP contribution in [0.2, 0.25) is 0 Å². The number of anilines is 2. The highest BCUT2D eigenvalue weighted by Crippen LogP contribution is 2.26. The number of rotatable bonds is 3. The Morgan fingerprint density at radius 1 is 1.07 bits per heavy atom. The number of nitrogen functional groups attached to an aromatic ring is 1. The number of nitrogens with zero attached hydrogens (tertiary/aromatic N) is 6. The van der Waals surface area contributed by atoms with Gasteiger partial charge in [0.1, 0.15) is 5.71 Å². The largest absolute Gasteiger partial charge is 0.399 e. The molecule has 0 amide bonds. The summed E-state index contributed by atoms with van der Waals surface area (Å²) in [5.41, 5.74) is 12.1. The summed E-state index contributed by atoms with van der Waals surface area (Å²) < 4.78 is 0. The first kappa shape index (κ1) is 17.0. The van der Waals surface area contributed by atoms with Crippen molar-refractivity contribution in [2.75, 3.05) is 24.7 Å². The van der Waals surface area contributed by atoms with E-state index in [9.17, 15) is 0 Å². The minimum absolute atomic E-state index is 0.584. The molecule has 0 radical (unpaired) electrons. The highest BCUT2D eigenvalue weighted by atomic mass is 15.6. The van der Waals surface area contributed by atoms with Gasteiger partial charge in [-0.2, -0.15) is 5.10 Å². The van der Waals surface area contributed by atoms with Crippen molar-refractivity contribution in [2.45, 2.75) is 13.8 Å². The van der Waals surface area contributed by atoms with Gasteiger partial charge >= 0.3 is 0 Å². The van der Waals surface area contributed by atoms with Crippen LogP contribution >= 0.6 is 0 Å². The molecule has 0 aliphatic carbocycles. The van der Waals surface area contributed by atoms with Gasteiger partial charge in [0.05, 0.1) is 11.4 Å².